The number of fused-ring (bicyclic) bond motifs is 2. The van der Waals surface area contributed by atoms with Crippen LogP contribution in [0.4, 0.5) is 5.13 Å². The SMILES string of the molecule is CC(C)Cc1nnc(N2C(=O)c3oc4ccc(Cl)cc4c(=O)c3[C@@H]2c2cccc(O)c2)s1. The van der Waals surface area contributed by atoms with Gasteiger partial charge in [0.25, 0.3) is 5.91 Å². The van der Waals surface area contributed by atoms with Crippen molar-refractivity contribution >= 4 is 44.9 Å². The lowest BCUT2D eigenvalue weighted by molar-refractivity contribution is 0.0970. The van der Waals surface area contributed by atoms with Gasteiger partial charge in [0.1, 0.15) is 16.3 Å². The first kappa shape index (κ1) is 20.7. The quantitative estimate of drug-likeness (QED) is 0.456. The fourth-order valence-corrected chi connectivity index (χ4v) is 5.18. The summed E-state index contributed by atoms with van der Waals surface area (Å²) in [5.41, 5.74) is 0.683. The van der Waals surface area contributed by atoms with Crippen molar-refractivity contribution < 1.29 is 14.3 Å². The van der Waals surface area contributed by atoms with Gasteiger partial charge in [-0.1, -0.05) is 48.9 Å². The Balaban J connectivity index is 1.75. The molecule has 0 unspecified atom stereocenters. The van der Waals surface area contributed by atoms with Crippen molar-refractivity contribution in [1.29, 1.82) is 0 Å². The van der Waals surface area contributed by atoms with Crippen molar-refractivity contribution in [1.82, 2.24) is 10.2 Å². The normalized spacial score (nSPS) is 15.7. The maximum Gasteiger partial charge on any atom is 0.297 e. The molecule has 1 aliphatic rings. The van der Waals surface area contributed by atoms with Gasteiger partial charge in [0.05, 0.1) is 17.0 Å². The molecule has 2 aromatic carbocycles. The fraction of sp³-hybridized carbons (Fsp3) is 0.217. The minimum atomic E-state index is -0.816. The van der Waals surface area contributed by atoms with E-state index < -0.39 is 11.9 Å². The van der Waals surface area contributed by atoms with E-state index in [0.29, 0.717) is 21.6 Å². The van der Waals surface area contributed by atoms with Gasteiger partial charge in [0.2, 0.25) is 10.9 Å². The molecule has 9 heteroatoms. The van der Waals surface area contributed by atoms with Gasteiger partial charge in [-0.3, -0.25) is 14.5 Å². The number of benzene rings is 2. The Labute approximate surface area is 191 Å². The highest BCUT2D eigenvalue weighted by atomic mass is 35.5. The highest BCUT2D eigenvalue weighted by Crippen LogP contribution is 2.42. The van der Waals surface area contributed by atoms with Crippen LogP contribution in [0.2, 0.25) is 5.02 Å². The second-order valence-electron chi connectivity index (χ2n) is 8.06. The van der Waals surface area contributed by atoms with Crippen LogP contribution in [0, 0.1) is 5.92 Å². The van der Waals surface area contributed by atoms with Crippen LogP contribution >= 0.6 is 22.9 Å². The van der Waals surface area contributed by atoms with Crippen LogP contribution in [0.3, 0.4) is 0 Å². The lowest BCUT2D eigenvalue weighted by atomic mass is 9.98. The van der Waals surface area contributed by atoms with Crippen LogP contribution < -0.4 is 10.3 Å². The molecule has 1 N–H and O–H groups in total. The molecule has 0 saturated heterocycles. The zero-order valence-electron chi connectivity index (χ0n) is 17.2. The van der Waals surface area contributed by atoms with Crippen molar-refractivity contribution in [2.45, 2.75) is 26.3 Å². The molecular formula is C23H18ClN3O4S. The molecule has 7 nitrogen and oxygen atoms in total. The van der Waals surface area contributed by atoms with E-state index in [4.69, 9.17) is 16.0 Å². The molecule has 4 aromatic rings. The topological polar surface area (TPSA) is 96.5 Å². The van der Waals surface area contributed by atoms with Crippen LogP contribution in [-0.2, 0) is 6.42 Å². The van der Waals surface area contributed by atoms with E-state index >= 15 is 0 Å². The molecule has 0 bridgehead atoms. The third-order valence-electron chi connectivity index (χ3n) is 5.26. The summed E-state index contributed by atoms with van der Waals surface area (Å²) in [6.07, 6.45) is 0.725. The number of phenols is 1. The highest BCUT2D eigenvalue weighted by Gasteiger charge is 2.45. The average molecular weight is 468 g/mol. The maximum atomic E-state index is 13.5. The molecule has 1 amide bonds. The summed E-state index contributed by atoms with van der Waals surface area (Å²) in [4.78, 5) is 28.4. The minimum Gasteiger partial charge on any atom is -0.508 e. The number of aromatic nitrogens is 2. The van der Waals surface area contributed by atoms with E-state index in [2.05, 4.69) is 24.0 Å². The number of halogens is 1. The molecule has 0 spiro atoms. The monoisotopic (exact) mass is 467 g/mol. The molecule has 32 heavy (non-hydrogen) atoms. The van der Waals surface area contributed by atoms with Gasteiger partial charge < -0.3 is 9.52 Å². The number of hydrogen-bond donors (Lipinski definition) is 1. The number of anilines is 1. The smallest absolute Gasteiger partial charge is 0.297 e. The lowest BCUT2D eigenvalue weighted by Crippen LogP contribution is -2.29. The van der Waals surface area contributed by atoms with Crippen molar-refractivity contribution in [3.63, 3.8) is 0 Å². The summed E-state index contributed by atoms with van der Waals surface area (Å²) in [7, 11) is 0. The van der Waals surface area contributed by atoms with Gasteiger partial charge in [-0.25, -0.2) is 0 Å². The van der Waals surface area contributed by atoms with E-state index in [-0.39, 0.29) is 33.5 Å². The first-order chi connectivity index (χ1) is 15.3. The van der Waals surface area contributed by atoms with Gasteiger partial charge >= 0.3 is 0 Å². The molecular weight excluding hydrogens is 450 g/mol. The predicted octanol–water partition coefficient (Wildman–Crippen LogP) is 4.95. The number of carbonyl (C=O) groups is 1. The predicted molar refractivity (Wildman–Crippen MR) is 123 cm³/mol. The lowest BCUT2D eigenvalue weighted by Gasteiger charge is -2.22. The van der Waals surface area contributed by atoms with Crippen LogP contribution in [0.15, 0.2) is 51.7 Å². The van der Waals surface area contributed by atoms with Gasteiger partial charge in [0, 0.05) is 11.4 Å². The zero-order chi connectivity index (χ0) is 22.6. The summed E-state index contributed by atoms with van der Waals surface area (Å²) in [5.74, 6) is -0.120. The van der Waals surface area contributed by atoms with E-state index in [1.807, 2.05) is 0 Å². The molecule has 0 saturated carbocycles. The zero-order valence-corrected chi connectivity index (χ0v) is 18.8. The third-order valence-corrected chi connectivity index (χ3v) is 6.44. The fourth-order valence-electron chi connectivity index (χ4n) is 3.93. The Bertz CT molecular complexity index is 1430. The summed E-state index contributed by atoms with van der Waals surface area (Å²) in [5, 5.41) is 20.4. The van der Waals surface area contributed by atoms with Gasteiger partial charge in [-0.05, 0) is 41.8 Å². The Kier molecular flexibility index (Phi) is 4.98. The molecule has 0 radical (unpaired) electrons. The Morgan fingerprint density at radius 1 is 1.19 bits per heavy atom. The summed E-state index contributed by atoms with van der Waals surface area (Å²) >= 11 is 7.41. The number of rotatable bonds is 4. The molecule has 3 heterocycles. The van der Waals surface area contributed by atoms with Gasteiger partial charge in [-0.15, -0.1) is 10.2 Å². The molecule has 162 valence electrons. The Morgan fingerprint density at radius 2 is 2.00 bits per heavy atom. The molecule has 5 rings (SSSR count). The van der Waals surface area contributed by atoms with E-state index in [1.54, 1.807) is 24.3 Å². The molecule has 2 aromatic heterocycles. The summed E-state index contributed by atoms with van der Waals surface area (Å²) in [6.45, 7) is 4.15. The van der Waals surface area contributed by atoms with Crippen LogP contribution in [0.25, 0.3) is 11.0 Å². The van der Waals surface area contributed by atoms with Crippen molar-refractivity contribution in [3.8, 4) is 5.75 Å². The van der Waals surface area contributed by atoms with Crippen molar-refractivity contribution in [3.05, 3.63) is 79.6 Å². The minimum absolute atomic E-state index is 0.0225. The molecule has 0 aliphatic carbocycles. The van der Waals surface area contributed by atoms with Crippen LogP contribution in [0.1, 0.15) is 46.6 Å². The van der Waals surface area contributed by atoms with E-state index in [1.165, 1.54) is 34.4 Å². The second-order valence-corrected chi connectivity index (χ2v) is 9.54. The van der Waals surface area contributed by atoms with Crippen molar-refractivity contribution in [2.24, 2.45) is 5.92 Å². The molecule has 0 fully saturated rings. The van der Waals surface area contributed by atoms with E-state index in [0.717, 1.165) is 11.4 Å². The molecule has 1 aliphatic heterocycles. The maximum absolute atomic E-state index is 13.5. The second kappa shape index (κ2) is 7.72. The number of nitrogens with zero attached hydrogens (tertiary/aromatic N) is 3. The standard InChI is InChI=1S/C23H18ClN3O4S/c1-11(2)8-17-25-26-23(32-17)27-19(12-4-3-5-14(28)9-12)18-20(29)15-10-13(24)6-7-16(15)31-21(18)22(27)30/h3-7,9-11,19,28H,8H2,1-2H3/t19-/m0/s1. The summed E-state index contributed by atoms with van der Waals surface area (Å²) < 4.78 is 5.90. The van der Waals surface area contributed by atoms with Gasteiger partial charge in [-0.2, -0.15) is 0 Å². The van der Waals surface area contributed by atoms with Crippen LogP contribution in [-0.4, -0.2) is 21.2 Å². The first-order valence-corrected chi connectivity index (χ1v) is 11.2. The number of aromatic hydroxyl groups is 1. The summed E-state index contributed by atoms with van der Waals surface area (Å²) in [6, 6.07) is 10.4. The Morgan fingerprint density at radius 3 is 2.75 bits per heavy atom. The molecule has 1 atom stereocenters. The Hall–Kier alpha value is -3.23. The highest BCUT2D eigenvalue weighted by molar-refractivity contribution is 7.15. The largest absolute Gasteiger partial charge is 0.508 e. The number of carbonyl (C=O) groups excluding carboxylic acids is 1. The van der Waals surface area contributed by atoms with Crippen molar-refractivity contribution in [2.75, 3.05) is 4.90 Å². The van der Waals surface area contributed by atoms with E-state index in [9.17, 15) is 14.7 Å². The van der Waals surface area contributed by atoms with Gasteiger partial charge in [0.15, 0.2) is 5.43 Å². The first-order valence-electron chi connectivity index (χ1n) is 10.0. The number of amides is 1. The number of phenolic OH excluding ortho intramolecular Hbond substituents is 1. The third kappa shape index (κ3) is 3.36. The van der Waals surface area contributed by atoms with Crippen LogP contribution in [0.5, 0.6) is 5.75 Å². The average Bonchev–Trinajstić information content (AvgIpc) is 3.30. The number of hydrogen-bond acceptors (Lipinski definition) is 7.